The summed E-state index contributed by atoms with van der Waals surface area (Å²) in [5.74, 6) is 0.874. The van der Waals surface area contributed by atoms with E-state index in [1.807, 2.05) is 43.3 Å². The van der Waals surface area contributed by atoms with Crippen molar-refractivity contribution in [2.24, 2.45) is 0 Å². The van der Waals surface area contributed by atoms with Crippen molar-refractivity contribution >= 4 is 5.97 Å². The van der Waals surface area contributed by atoms with Gasteiger partial charge in [0, 0.05) is 36.8 Å². The molecule has 0 saturated carbocycles. The molecule has 0 aliphatic carbocycles. The van der Waals surface area contributed by atoms with E-state index in [2.05, 4.69) is 9.97 Å². The summed E-state index contributed by atoms with van der Waals surface area (Å²) < 4.78 is 17.1. The van der Waals surface area contributed by atoms with Gasteiger partial charge in [-0.25, -0.2) is 14.8 Å². The molecule has 0 bridgehead atoms. The van der Waals surface area contributed by atoms with Crippen LogP contribution >= 0.6 is 0 Å². The molecule has 1 saturated heterocycles. The Hall–Kier alpha value is -3.19. The zero-order chi connectivity index (χ0) is 21.0. The van der Waals surface area contributed by atoms with Gasteiger partial charge in [-0.05, 0) is 38.0 Å². The van der Waals surface area contributed by atoms with Gasteiger partial charge in [0.25, 0.3) is 0 Å². The Kier molecular flexibility index (Phi) is 5.81. The fourth-order valence-electron chi connectivity index (χ4n) is 3.63. The summed E-state index contributed by atoms with van der Waals surface area (Å²) >= 11 is 0. The predicted molar refractivity (Wildman–Crippen MR) is 109 cm³/mol. The van der Waals surface area contributed by atoms with Crippen LogP contribution in [0.3, 0.4) is 0 Å². The number of nitrogens with zero attached hydrogens (tertiary/aromatic N) is 2. The number of hydrogen-bond donors (Lipinski definition) is 1. The molecule has 2 aromatic heterocycles. The maximum Gasteiger partial charge on any atom is 0.336 e. The van der Waals surface area contributed by atoms with Crippen LogP contribution in [0.15, 0.2) is 52.9 Å². The Labute approximate surface area is 174 Å². The number of carboxylic acid groups (broad SMARTS) is 1. The Morgan fingerprint density at radius 1 is 1.17 bits per heavy atom. The van der Waals surface area contributed by atoms with Gasteiger partial charge in [-0.3, -0.25) is 0 Å². The van der Waals surface area contributed by atoms with Gasteiger partial charge >= 0.3 is 5.97 Å². The van der Waals surface area contributed by atoms with Crippen molar-refractivity contribution in [2.45, 2.75) is 38.2 Å². The Bertz CT molecular complexity index is 1010. The molecule has 156 valence electrons. The number of pyridine rings is 1. The molecule has 1 unspecified atom stereocenters. The summed E-state index contributed by atoms with van der Waals surface area (Å²) in [5, 5.41) is 9.57. The zero-order valence-electron chi connectivity index (χ0n) is 16.8. The number of hydrogen-bond acceptors (Lipinski definition) is 6. The summed E-state index contributed by atoms with van der Waals surface area (Å²) in [6, 6.07) is 15.1. The van der Waals surface area contributed by atoms with Gasteiger partial charge in [0.1, 0.15) is 5.76 Å². The zero-order valence-corrected chi connectivity index (χ0v) is 16.8. The molecule has 4 rings (SSSR count). The maximum absolute atomic E-state index is 11.7. The second-order valence-electron chi connectivity index (χ2n) is 7.38. The number of aryl methyl sites for hydroxylation is 1. The minimum atomic E-state index is -1.18. The number of carbonyl (C=O) groups is 1. The van der Waals surface area contributed by atoms with Crippen molar-refractivity contribution in [3.8, 4) is 17.3 Å². The minimum Gasteiger partial charge on any atom is -0.479 e. The highest BCUT2D eigenvalue weighted by atomic mass is 16.5. The summed E-state index contributed by atoms with van der Waals surface area (Å²) in [4.78, 5) is 20.7. The highest BCUT2D eigenvalue weighted by Crippen LogP contribution is 2.30. The molecule has 1 atom stereocenters. The van der Waals surface area contributed by atoms with E-state index < -0.39 is 11.6 Å². The molecule has 7 nitrogen and oxygen atoms in total. The SMILES string of the molecule is Cc1oc(-c2ccccc2)nc1CCOc1cccc(CC2(C(=O)O)CCCO2)n1. The Morgan fingerprint density at radius 3 is 2.73 bits per heavy atom. The minimum absolute atomic E-state index is 0.225. The molecule has 0 radical (unpaired) electrons. The lowest BCUT2D eigenvalue weighted by atomic mass is 9.94. The number of rotatable bonds is 8. The molecule has 1 aliphatic heterocycles. The molecule has 1 aliphatic rings. The molecule has 1 fully saturated rings. The normalized spacial score (nSPS) is 18.4. The fourth-order valence-corrected chi connectivity index (χ4v) is 3.63. The van der Waals surface area contributed by atoms with Gasteiger partial charge in [0.2, 0.25) is 11.8 Å². The van der Waals surface area contributed by atoms with Crippen molar-refractivity contribution in [1.29, 1.82) is 0 Å². The van der Waals surface area contributed by atoms with Crippen molar-refractivity contribution in [2.75, 3.05) is 13.2 Å². The molecular weight excluding hydrogens is 384 g/mol. The maximum atomic E-state index is 11.7. The molecule has 3 heterocycles. The second-order valence-corrected chi connectivity index (χ2v) is 7.38. The number of benzene rings is 1. The number of aromatic nitrogens is 2. The van der Waals surface area contributed by atoms with Crippen molar-refractivity contribution in [3.05, 3.63) is 65.7 Å². The van der Waals surface area contributed by atoms with Crippen LogP contribution in [0.4, 0.5) is 0 Å². The van der Waals surface area contributed by atoms with Gasteiger partial charge < -0.3 is 19.0 Å². The Morgan fingerprint density at radius 2 is 2.00 bits per heavy atom. The van der Waals surface area contributed by atoms with Crippen LogP contribution in [0.25, 0.3) is 11.5 Å². The van der Waals surface area contributed by atoms with E-state index in [0.717, 1.165) is 23.4 Å². The fraction of sp³-hybridized carbons (Fsp3) is 0.348. The highest BCUT2D eigenvalue weighted by Gasteiger charge is 2.43. The smallest absolute Gasteiger partial charge is 0.336 e. The quantitative estimate of drug-likeness (QED) is 0.605. The summed E-state index contributed by atoms with van der Waals surface area (Å²) in [6.07, 6.45) is 2.04. The van der Waals surface area contributed by atoms with Crippen LogP contribution in [-0.4, -0.2) is 39.9 Å². The summed E-state index contributed by atoms with van der Waals surface area (Å²) in [5.41, 5.74) is 1.23. The summed E-state index contributed by atoms with van der Waals surface area (Å²) in [7, 11) is 0. The largest absolute Gasteiger partial charge is 0.479 e. The third-order valence-corrected chi connectivity index (χ3v) is 5.24. The van der Waals surface area contributed by atoms with E-state index in [4.69, 9.17) is 13.9 Å². The van der Waals surface area contributed by atoms with Crippen LogP contribution < -0.4 is 4.74 Å². The lowest BCUT2D eigenvalue weighted by molar-refractivity contribution is -0.160. The number of carboxylic acids is 1. The molecule has 0 amide bonds. The third-order valence-electron chi connectivity index (χ3n) is 5.24. The van der Waals surface area contributed by atoms with Gasteiger partial charge in [-0.1, -0.05) is 24.3 Å². The Balaban J connectivity index is 1.38. The lowest BCUT2D eigenvalue weighted by Gasteiger charge is -2.22. The van der Waals surface area contributed by atoms with E-state index in [1.54, 1.807) is 12.1 Å². The van der Waals surface area contributed by atoms with Crippen LogP contribution in [0.2, 0.25) is 0 Å². The van der Waals surface area contributed by atoms with Crippen LogP contribution in [-0.2, 0) is 22.4 Å². The van der Waals surface area contributed by atoms with E-state index >= 15 is 0 Å². The molecule has 0 spiro atoms. The van der Waals surface area contributed by atoms with Gasteiger partial charge in [0.15, 0.2) is 5.60 Å². The van der Waals surface area contributed by atoms with Gasteiger partial charge in [0.05, 0.1) is 12.3 Å². The van der Waals surface area contributed by atoms with Gasteiger partial charge in [-0.2, -0.15) is 0 Å². The van der Waals surface area contributed by atoms with E-state index in [9.17, 15) is 9.90 Å². The average molecular weight is 408 g/mol. The van der Waals surface area contributed by atoms with E-state index in [0.29, 0.717) is 43.5 Å². The second kappa shape index (κ2) is 8.67. The first-order valence-electron chi connectivity index (χ1n) is 10.0. The van der Waals surface area contributed by atoms with Crippen LogP contribution in [0.5, 0.6) is 5.88 Å². The topological polar surface area (TPSA) is 94.7 Å². The first-order chi connectivity index (χ1) is 14.6. The molecule has 1 aromatic carbocycles. The first-order valence-corrected chi connectivity index (χ1v) is 10.0. The number of aliphatic carboxylic acids is 1. The predicted octanol–water partition coefficient (Wildman–Crippen LogP) is 3.84. The van der Waals surface area contributed by atoms with Crippen molar-refractivity contribution in [1.82, 2.24) is 9.97 Å². The van der Waals surface area contributed by atoms with Crippen LogP contribution in [0, 0.1) is 6.92 Å². The van der Waals surface area contributed by atoms with Crippen LogP contribution in [0.1, 0.15) is 30.0 Å². The number of ether oxygens (including phenoxy) is 2. The van der Waals surface area contributed by atoms with Crippen molar-refractivity contribution < 1.29 is 23.8 Å². The molecule has 7 heteroatoms. The monoisotopic (exact) mass is 408 g/mol. The lowest BCUT2D eigenvalue weighted by Crippen LogP contribution is -2.40. The first kappa shape index (κ1) is 20.1. The van der Waals surface area contributed by atoms with Gasteiger partial charge in [-0.15, -0.1) is 0 Å². The highest BCUT2D eigenvalue weighted by molar-refractivity contribution is 5.78. The van der Waals surface area contributed by atoms with Crippen molar-refractivity contribution in [3.63, 3.8) is 0 Å². The van der Waals surface area contributed by atoms with E-state index in [-0.39, 0.29) is 6.42 Å². The molecule has 30 heavy (non-hydrogen) atoms. The summed E-state index contributed by atoms with van der Waals surface area (Å²) in [6.45, 7) is 2.74. The molecule has 1 N–H and O–H groups in total. The molecule has 3 aromatic rings. The average Bonchev–Trinajstić information content (AvgIpc) is 3.37. The van der Waals surface area contributed by atoms with E-state index in [1.165, 1.54) is 0 Å². The third kappa shape index (κ3) is 4.36. The molecular formula is C23H24N2O5. The number of oxazole rings is 1. The standard InChI is InChI=1S/C23H24N2O5/c1-16-19(25-21(30-16)17-7-3-2-4-8-17)11-14-28-20-10-5-9-18(24-20)15-23(22(26)27)12-6-13-29-23/h2-5,7-10H,6,11-15H2,1H3,(H,26,27).